The second kappa shape index (κ2) is 31.8. The molecule has 0 aromatic rings. The Kier molecular flexibility index (Phi) is 28.6. The highest BCUT2D eigenvalue weighted by molar-refractivity contribution is 5.76. The number of hydrogen-bond donors (Lipinski definition) is 1. The molecule has 0 aromatic heterocycles. The SMILES string of the molecule is CCCCCCCC/C=C\CCCCCCCC(=O)N[C@@H](COC(=O)CCN1CCCC1)[C@@H]1OC(C)(C)C[C@@H]1CCCCCCCCCCCCCC. The summed E-state index contributed by atoms with van der Waals surface area (Å²) in [5, 5.41) is 3.31. The molecule has 2 fully saturated rings. The number of esters is 1. The number of ether oxygens (including phenoxy) is 2. The highest BCUT2D eigenvalue weighted by Crippen LogP contribution is 2.39. The Balaban J connectivity index is 1.74. The number of hydrogen-bond acceptors (Lipinski definition) is 5. The van der Waals surface area contributed by atoms with Gasteiger partial charge in [-0.25, -0.2) is 0 Å². The summed E-state index contributed by atoms with van der Waals surface area (Å²) >= 11 is 0. The second-order valence-electron chi connectivity index (χ2n) is 17.5. The lowest BCUT2D eigenvalue weighted by molar-refractivity contribution is -0.147. The molecule has 6 nitrogen and oxygen atoms in total. The Labute approximate surface area is 329 Å². The molecule has 53 heavy (non-hydrogen) atoms. The van der Waals surface area contributed by atoms with Gasteiger partial charge in [0.25, 0.3) is 0 Å². The van der Waals surface area contributed by atoms with E-state index in [4.69, 9.17) is 9.47 Å². The van der Waals surface area contributed by atoms with E-state index in [1.54, 1.807) is 0 Å². The maximum absolute atomic E-state index is 13.3. The second-order valence-corrected chi connectivity index (χ2v) is 17.5. The largest absolute Gasteiger partial charge is 0.463 e. The molecular formula is C47H88N2O4. The zero-order chi connectivity index (χ0) is 38.2. The van der Waals surface area contributed by atoms with Crippen molar-refractivity contribution in [3.05, 3.63) is 12.2 Å². The minimum Gasteiger partial charge on any atom is -0.463 e. The Bertz CT molecular complexity index is 914. The summed E-state index contributed by atoms with van der Waals surface area (Å²) in [6.07, 6.45) is 42.5. The van der Waals surface area contributed by atoms with E-state index in [1.807, 2.05) is 0 Å². The van der Waals surface area contributed by atoms with Crippen LogP contribution in [0.15, 0.2) is 12.2 Å². The van der Waals surface area contributed by atoms with Crippen LogP contribution in [0.1, 0.15) is 227 Å². The fraction of sp³-hybridized carbons (Fsp3) is 0.915. The minimum atomic E-state index is -0.300. The van der Waals surface area contributed by atoms with Crippen LogP contribution in [0.25, 0.3) is 0 Å². The molecule has 1 N–H and O–H groups in total. The number of allylic oxidation sites excluding steroid dienone is 2. The number of amides is 1. The van der Waals surface area contributed by atoms with E-state index < -0.39 is 0 Å². The van der Waals surface area contributed by atoms with Gasteiger partial charge in [-0.3, -0.25) is 9.59 Å². The smallest absolute Gasteiger partial charge is 0.307 e. The van der Waals surface area contributed by atoms with Crippen molar-refractivity contribution in [2.45, 2.75) is 244 Å². The summed E-state index contributed by atoms with van der Waals surface area (Å²) in [6, 6.07) is -0.300. The van der Waals surface area contributed by atoms with E-state index in [2.05, 4.69) is 50.1 Å². The third kappa shape index (κ3) is 25.4. The number of unbranched alkanes of at least 4 members (excludes halogenated alkanes) is 22. The molecule has 3 atom stereocenters. The third-order valence-corrected chi connectivity index (χ3v) is 11.8. The average Bonchev–Trinajstić information content (AvgIpc) is 3.78. The third-order valence-electron chi connectivity index (χ3n) is 11.8. The minimum absolute atomic E-state index is 0.0677. The van der Waals surface area contributed by atoms with Crippen LogP contribution >= 0.6 is 0 Å². The van der Waals surface area contributed by atoms with E-state index in [-0.39, 0.29) is 36.2 Å². The lowest BCUT2D eigenvalue weighted by Gasteiger charge is -2.29. The van der Waals surface area contributed by atoms with Crippen LogP contribution in [-0.4, -0.2) is 60.8 Å². The average molecular weight is 745 g/mol. The number of carbonyl (C=O) groups excluding carboxylic acids is 2. The molecule has 0 unspecified atom stereocenters. The normalized spacial score (nSPS) is 19.3. The van der Waals surface area contributed by atoms with E-state index >= 15 is 0 Å². The molecule has 0 spiro atoms. The van der Waals surface area contributed by atoms with Gasteiger partial charge in [0.2, 0.25) is 5.91 Å². The number of nitrogens with one attached hydrogen (secondary N) is 1. The molecule has 2 saturated heterocycles. The van der Waals surface area contributed by atoms with E-state index in [9.17, 15) is 9.59 Å². The van der Waals surface area contributed by atoms with Crippen LogP contribution in [0, 0.1) is 5.92 Å². The first-order chi connectivity index (χ1) is 25.8. The quantitative estimate of drug-likeness (QED) is 0.0397. The fourth-order valence-electron chi connectivity index (χ4n) is 8.55. The standard InChI is InChI=1S/C47H88N2O4/c1-5-7-9-11-13-15-17-19-20-21-23-25-27-29-31-35-44(50)48-43(41-52-45(51)36-39-49-37-32-33-38-49)46-42(40-47(3,4)53-46)34-30-28-26-24-22-18-16-14-12-10-8-6-2/h19-20,42-43,46H,5-18,21-41H2,1-4H3,(H,48,50)/b20-19-/t42-,43-,46+/m0/s1. The first-order valence-electron chi connectivity index (χ1n) is 23.3. The Morgan fingerprint density at radius 1 is 0.698 bits per heavy atom. The van der Waals surface area contributed by atoms with Gasteiger partial charge in [-0.2, -0.15) is 0 Å². The molecule has 0 aromatic carbocycles. The van der Waals surface area contributed by atoms with Crippen LogP contribution in [0.2, 0.25) is 0 Å². The molecule has 2 aliphatic rings. The molecule has 2 aliphatic heterocycles. The highest BCUT2D eigenvalue weighted by Gasteiger charge is 2.44. The molecular weight excluding hydrogens is 657 g/mol. The van der Waals surface area contributed by atoms with E-state index in [1.165, 1.54) is 161 Å². The Morgan fingerprint density at radius 3 is 1.74 bits per heavy atom. The maximum Gasteiger partial charge on any atom is 0.307 e. The zero-order valence-corrected chi connectivity index (χ0v) is 35.7. The first-order valence-corrected chi connectivity index (χ1v) is 23.3. The molecule has 6 heteroatoms. The van der Waals surface area contributed by atoms with Crippen molar-refractivity contribution in [1.29, 1.82) is 0 Å². The van der Waals surface area contributed by atoms with Gasteiger partial charge in [0.05, 0.1) is 24.2 Å². The molecule has 0 radical (unpaired) electrons. The van der Waals surface area contributed by atoms with Gasteiger partial charge < -0.3 is 19.7 Å². The molecule has 2 rings (SSSR count). The van der Waals surface area contributed by atoms with Crippen molar-refractivity contribution < 1.29 is 19.1 Å². The number of carbonyl (C=O) groups is 2. The predicted molar refractivity (Wildman–Crippen MR) is 225 cm³/mol. The van der Waals surface area contributed by atoms with Crippen molar-refractivity contribution in [1.82, 2.24) is 10.2 Å². The Hall–Kier alpha value is -1.40. The topological polar surface area (TPSA) is 67.9 Å². The zero-order valence-electron chi connectivity index (χ0n) is 35.7. The first kappa shape index (κ1) is 47.8. The van der Waals surface area contributed by atoms with Gasteiger partial charge in [-0.05, 0) is 90.6 Å². The summed E-state index contributed by atoms with van der Waals surface area (Å²) in [6.45, 7) is 12.0. The van der Waals surface area contributed by atoms with Gasteiger partial charge in [0.1, 0.15) is 6.61 Å². The van der Waals surface area contributed by atoms with Gasteiger partial charge in [-0.1, -0.05) is 154 Å². The van der Waals surface area contributed by atoms with Gasteiger partial charge in [-0.15, -0.1) is 0 Å². The number of rotatable bonds is 35. The Morgan fingerprint density at radius 2 is 1.19 bits per heavy atom. The van der Waals surface area contributed by atoms with Gasteiger partial charge in [0, 0.05) is 13.0 Å². The van der Waals surface area contributed by atoms with Crippen molar-refractivity contribution >= 4 is 11.9 Å². The molecule has 310 valence electrons. The molecule has 2 heterocycles. The van der Waals surface area contributed by atoms with E-state index in [0.29, 0.717) is 18.8 Å². The highest BCUT2D eigenvalue weighted by atomic mass is 16.5. The molecule has 1 amide bonds. The number of nitrogens with zero attached hydrogens (tertiary/aromatic N) is 1. The maximum atomic E-state index is 13.3. The number of likely N-dealkylation sites (tertiary alicyclic amines) is 1. The van der Waals surface area contributed by atoms with Gasteiger partial charge in [0.15, 0.2) is 0 Å². The summed E-state index contributed by atoms with van der Waals surface area (Å²) in [7, 11) is 0. The molecule has 0 aliphatic carbocycles. The lowest BCUT2D eigenvalue weighted by atomic mass is 9.86. The fourth-order valence-corrected chi connectivity index (χ4v) is 8.55. The van der Waals surface area contributed by atoms with Crippen LogP contribution in [0.5, 0.6) is 0 Å². The van der Waals surface area contributed by atoms with Crippen molar-refractivity contribution in [3.8, 4) is 0 Å². The summed E-state index contributed by atoms with van der Waals surface area (Å²) in [4.78, 5) is 28.5. The monoisotopic (exact) mass is 745 g/mol. The summed E-state index contributed by atoms with van der Waals surface area (Å²) in [5.74, 6) is 0.267. The van der Waals surface area contributed by atoms with Crippen LogP contribution in [0.4, 0.5) is 0 Å². The van der Waals surface area contributed by atoms with Gasteiger partial charge >= 0.3 is 5.97 Å². The predicted octanol–water partition coefficient (Wildman–Crippen LogP) is 12.8. The summed E-state index contributed by atoms with van der Waals surface area (Å²) in [5.41, 5.74) is -0.237. The van der Waals surface area contributed by atoms with Crippen LogP contribution in [-0.2, 0) is 19.1 Å². The van der Waals surface area contributed by atoms with Crippen molar-refractivity contribution in [2.75, 3.05) is 26.2 Å². The van der Waals surface area contributed by atoms with E-state index in [0.717, 1.165) is 45.3 Å². The van der Waals surface area contributed by atoms with Crippen molar-refractivity contribution in [2.24, 2.45) is 5.92 Å². The van der Waals surface area contributed by atoms with Crippen LogP contribution in [0.3, 0.4) is 0 Å². The lowest BCUT2D eigenvalue weighted by Crippen LogP contribution is -2.49. The molecule has 0 saturated carbocycles. The summed E-state index contributed by atoms with van der Waals surface area (Å²) < 4.78 is 12.5. The van der Waals surface area contributed by atoms with Crippen LogP contribution < -0.4 is 5.32 Å². The van der Waals surface area contributed by atoms with Crippen molar-refractivity contribution in [3.63, 3.8) is 0 Å². The molecule has 0 bridgehead atoms.